The van der Waals surface area contributed by atoms with Crippen LogP contribution < -0.4 is 4.90 Å². The fourth-order valence-electron chi connectivity index (χ4n) is 2.28. The molecule has 3 rings (SSSR count). The first-order chi connectivity index (χ1) is 8.59. The molecule has 0 unspecified atom stereocenters. The minimum absolute atomic E-state index is 0.0115. The predicted molar refractivity (Wildman–Crippen MR) is 65.4 cm³/mol. The van der Waals surface area contributed by atoms with Crippen molar-refractivity contribution in [2.75, 3.05) is 11.4 Å². The van der Waals surface area contributed by atoms with Crippen molar-refractivity contribution in [1.82, 2.24) is 0 Å². The molecule has 94 valence electrons. The van der Waals surface area contributed by atoms with Gasteiger partial charge in [0.1, 0.15) is 5.82 Å². The van der Waals surface area contributed by atoms with Gasteiger partial charge in [0.15, 0.2) is 0 Å². The second-order valence-corrected chi connectivity index (χ2v) is 5.18. The molecule has 0 atom stereocenters. The Hall–Kier alpha value is -1.42. The molecule has 0 saturated heterocycles. The molecule has 1 aliphatic heterocycles. The van der Waals surface area contributed by atoms with E-state index in [1.54, 1.807) is 0 Å². The molecule has 1 heterocycles. The summed E-state index contributed by atoms with van der Waals surface area (Å²) in [4.78, 5) is 24.9. The zero-order chi connectivity index (χ0) is 12.9. The molecule has 0 N–H and O–H groups in total. The van der Waals surface area contributed by atoms with Crippen LogP contribution in [0.3, 0.4) is 0 Å². The summed E-state index contributed by atoms with van der Waals surface area (Å²) in [6, 6.07) is 2.50. The molecule has 18 heavy (non-hydrogen) atoms. The number of amides is 1. The molecule has 0 spiro atoms. The normalized spacial score (nSPS) is 18.4. The van der Waals surface area contributed by atoms with E-state index >= 15 is 0 Å². The Bertz CT molecular complexity index is 554. The first-order valence-corrected chi connectivity index (χ1v) is 6.31. The molecule has 0 aromatic heterocycles. The van der Waals surface area contributed by atoms with Gasteiger partial charge in [0.2, 0.25) is 0 Å². The van der Waals surface area contributed by atoms with Gasteiger partial charge in [0.25, 0.3) is 11.7 Å². The number of nitrogens with zero attached hydrogens (tertiary/aromatic N) is 1. The molecule has 1 aliphatic carbocycles. The van der Waals surface area contributed by atoms with Crippen LogP contribution in [0.15, 0.2) is 12.1 Å². The van der Waals surface area contributed by atoms with E-state index in [1.807, 2.05) is 0 Å². The number of anilines is 1. The number of halogens is 2. The van der Waals surface area contributed by atoms with Crippen LogP contribution in [0.2, 0.25) is 5.02 Å². The smallest absolute Gasteiger partial charge is 0.299 e. The van der Waals surface area contributed by atoms with Crippen molar-refractivity contribution in [2.45, 2.75) is 19.3 Å². The standard InChI is InChI=1S/C13H11ClFNO2/c14-8-3-4-9(15)11-10(8)12(17)13(18)16(11)6-5-7-1-2-7/h3-4,7H,1-2,5-6H2. The summed E-state index contributed by atoms with van der Waals surface area (Å²) in [5.41, 5.74) is 0.0654. The average Bonchev–Trinajstić information content (AvgIpc) is 3.12. The Labute approximate surface area is 109 Å². The summed E-state index contributed by atoms with van der Waals surface area (Å²) >= 11 is 5.88. The van der Waals surface area contributed by atoms with Gasteiger partial charge in [-0.3, -0.25) is 9.59 Å². The van der Waals surface area contributed by atoms with Crippen molar-refractivity contribution in [3.8, 4) is 0 Å². The van der Waals surface area contributed by atoms with E-state index in [9.17, 15) is 14.0 Å². The van der Waals surface area contributed by atoms with Crippen molar-refractivity contribution >= 4 is 29.0 Å². The maximum atomic E-state index is 13.8. The number of Topliss-reactive ketones (excluding diaryl/α,β-unsaturated/α-hetero) is 1. The van der Waals surface area contributed by atoms with Crippen LogP contribution >= 0.6 is 11.6 Å². The van der Waals surface area contributed by atoms with Crippen LogP contribution in [0.5, 0.6) is 0 Å². The Morgan fingerprint density at radius 3 is 2.72 bits per heavy atom. The van der Waals surface area contributed by atoms with E-state index < -0.39 is 17.5 Å². The second kappa shape index (κ2) is 4.05. The minimum atomic E-state index is -0.703. The van der Waals surface area contributed by atoms with Gasteiger partial charge in [-0.05, 0) is 24.5 Å². The third kappa shape index (κ3) is 1.72. The van der Waals surface area contributed by atoms with Gasteiger partial charge in [-0.15, -0.1) is 0 Å². The van der Waals surface area contributed by atoms with Gasteiger partial charge >= 0.3 is 0 Å². The van der Waals surface area contributed by atoms with E-state index in [-0.39, 0.29) is 16.3 Å². The molecular formula is C13H11ClFNO2. The van der Waals surface area contributed by atoms with Crippen molar-refractivity contribution < 1.29 is 14.0 Å². The summed E-state index contributed by atoms with van der Waals surface area (Å²) in [5.74, 6) is -1.33. The van der Waals surface area contributed by atoms with Gasteiger partial charge < -0.3 is 4.90 Å². The Morgan fingerprint density at radius 2 is 2.06 bits per heavy atom. The zero-order valence-corrected chi connectivity index (χ0v) is 10.3. The molecule has 1 amide bonds. The average molecular weight is 268 g/mol. The van der Waals surface area contributed by atoms with Crippen molar-refractivity contribution in [3.05, 3.63) is 28.5 Å². The van der Waals surface area contributed by atoms with Crippen molar-refractivity contribution in [1.29, 1.82) is 0 Å². The third-order valence-electron chi connectivity index (χ3n) is 3.47. The molecule has 0 bridgehead atoms. The Morgan fingerprint density at radius 1 is 1.33 bits per heavy atom. The molecule has 5 heteroatoms. The Balaban J connectivity index is 1.99. The summed E-state index contributed by atoms with van der Waals surface area (Å²) < 4.78 is 13.8. The lowest BCUT2D eigenvalue weighted by Crippen LogP contribution is -2.31. The number of hydrogen-bond acceptors (Lipinski definition) is 2. The quantitative estimate of drug-likeness (QED) is 0.790. The lowest BCUT2D eigenvalue weighted by Gasteiger charge is -2.16. The minimum Gasteiger partial charge on any atom is -0.302 e. The molecule has 2 aliphatic rings. The Kier molecular flexibility index (Phi) is 2.63. The first kappa shape index (κ1) is 11.7. The molecule has 1 aromatic rings. The highest BCUT2D eigenvalue weighted by Gasteiger charge is 2.40. The summed E-state index contributed by atoms with van der Waals surface area (Å²) in [6.07, 6.45) is 3.12. The lowest BCUT2D eigenvalue weighted by molar-refractivity contribution is -0.114. The van der Waals surface area contributed by atoms with Crippen LogP contribution in [-0.2, 0) is 4.79 Å². The fourth-order valence-corrected chi connectivity index (χ4v) is 2.52. The number of fused-ring (bicyclic) bond motifs is 1. The van der Waals surface area contributed by atoms with E-state index in [2.05, 4.69) is 0 Å². The second-order valence-electron chi connectivity index (χ2n) is 4.77. The number of benzene rings is 1. The molecule has 1 saturated carbocycles. The molecule has 1 aromatic carbocycles. The van der Waals surface area contributed by atoms with Gasteiger partial charge in [-0.2, -0.15) is 0 Å². The van der Waals surface area contributed by atoms with E-state index in [1.165, 1.54) is 17.0 Å². The number of hydrogen-bond donors (Lipinski definition) is 0. The summed E-state index contributed by atoms with van der Waals surface area (Å²) in [7, 11) is 0. The lowest BCUT2D eigenvalue weighted by atomic mass is 10.1. The van der Waals surface area contributed by atoms with E-state index in [4.69, 9.17) is 11.6 Å². The highest BCUT2D eigenvalue weighted by atomic mass is 35.5. The molecule has 1 fully saturated rings. The monoisotopic (exact) mass is 267 g/mol. The number of ketones is 1. The number of rotatable bonds is 3. The molecule has 3 nitrogen and oxygen atoms in total. The highest BCUT2D eigenvalue weighted by molar-refractivity contribution is 6.55. The van der Waals surface area contributed by atoms with Crippen LogP contribution in [0.4, 0.5) is 10.1 Å². The zero-order valence-electron chi connectivity index (χ0n) is 9.58. The van der Waals surface area contributed by atoms with Crippen LogP contribution in [0, 0.1) is 11.7 Å². The largest absolute Gasteiger partial charge is 0.302 e. The van der Waals surface area contributed by atoms with Crippen LogP contribution in [0.25, 0.3) is 0 Å². The van der Waals surface area contributed by atoms with Gasteiger partial charge in [-0.25, -0.2) is 4.39 Å². The summed E-state index contributed by atoms with van der Waals surface area (Å²) in [5, 5.41) is 0.138. The third-order valence-corrected chi connectivity index (χ3v) is 3.79. The summed E-state index contributed by atoms with van der Waals surface area (Å²) in [6.45, 7) is 0.388. The molecular weight excluding hydrogens is 257 g/mol. The van der Waals surface area contributed by atoms with Gasteiger partial charge in [0, 0.05) is 6.54 Å². The SMILES string of the molecule is O=C1C(=O)N(CCC2CC2)c2c(F)ccc(Cl)c21. The van der Waals surface area contributed by atoms with Crippen LogP contribution in [-0.4, -0.2) is 18.2 Å². The maximum Gasteiger partial charge on any atom is 0.299 e. The topological polar surface area (TPSA) is 37.4 Å². The highest BCUT2D eigenvalue weighted by Crippen LogP contribution is 2.38. The number of carbonyl (C=O) groups is 2. The number of carbonyl (C=O) groups excluding carboxylic acids is 2. The predicted octanol–water partition coefficient (Wildman–Crippen LogP) is 2.81. The molecule has 0 radical (unpaired) electrons. The fraction of sp³-hybridized carbons (Fsp3) is 0.385. The van der Waals surface area contributed by atoms with Crippen molar-refractivity contribution in [3.63, 3.8) is 0 Å². The van der Waals surface area contributed by atoms with Gasteiger partial charge in [-0.1, -0.05) is 24.4 Å². The van der Waals surface area contributed by atoms with E-state index in [0.717, 1.165) is 19.3 Å². The van der Waals surface area contributed by atoms with Crippen molar-refractivity contribution in [2.24, 2.45) is 5.92 Å². The van der Waals surface area contributed by atoms with E-state index in [0.29, 0.717) is 12.5 Å². The first-order valence-electron chi connectivity index (χ1n) is 5.94. The van der Waals surface area contributed by atoms with Crippen LogP contribution in [0.1, 0.15) is 29.6 Å². The van der Waals surface area contributed by atoms with Gasteiger partial charge in [0.05, 0.1) is 16.3 Å². The maximum absolute atomic E-state index is 13.8.